The highest BCUT2D eigenvalue weighted by Gasteiger charge is 2.32. The van der Waals surface area contributed by atoms with Crippen molar-refractivity contribution in [2.45, 2.75) is 19.0 Å². The number of fused-ring (bicyclic) bond motifs is 1. The van der Waals surface area contributed by atoms with Crippen molar-refractivity contribution in [3.8, 4) is 0 Å². The summed E-state index contributed by atoms with van der Waals surface area (Å²) in [5.41, 5.74) is 3.54. The van der Waals surface area contributed by atoms with Crippen LogP contribution in [0, 0.1) is 11.6 Å². The van der Waals surface area contributed by atoms with Crippen molar-refractivity contribution >= 4 is 17.2 Å². The van der Waals surface area contributed by atoms with E-state index in [1.165, 1.54) is 18.1 Å². The van der Waals surface area contributed by atoms with Gasteiger partial charge in [-0.15, -0.1) is 11.3 Å². The zero-order valence-corrected chi connectivity index (χ0v) is 13.3. The van der Waals surface area contributed by atoms with Gasteiger partial charge in [-0.2, -0.15) is 0 Å². The summed E-state index contributed by atoms with van der Waals surface area (Å²) in [5, 5.41) is 2.01. The lowest BCUT2D eigenvalue weighted by molar-refractivity contribution is -0.137. The molecular weight excluding hydrogens is 322 g/mol. The molecule has 0 fully saturated rings. The first-order valence-corrected chi connectivity index (χ1v) is 8.05. The molecule has 0 bridgehead atoms. The molecule has 4 nitrogen and oxygen atoms in total. The number of nitrogens with one attached hydrogen (secondary N) is 1. The summed E-state index contributed by atoms with van der Waals surface area (Å²) in [7, 11) is 1.32. The molecule has 1 aromatic carbocycles. The van der Waals surface area contributed by atoms with Gasteiger partial charge >= 0.3 is 0 Å². The fourth-order valence-corrected chi connectivity index (χ4v) is 3.76. The van der Waals surface area contributed by atoms with Crippen molar-refractivity contribution in [3.05, 3.63) is 57.3 Å². The summed E-state index contributed by atoms with van der Waals surface area (Å²) in [6.45, 7) is 1.16. The van der Waals surface area contributed by atoms with Gasteiger partial charge in [0, 0.05) is 29.6 Å². The number of rotatable bonds is 4. The average Bonchev–Trinajstić information content (AvgIpc) is 2.98. The summed E-state index contributed by atoms with van der Waals surface area (Å²) in [6.07, 6.45) is 0.798. The van der Waals surface area contributed by atoms with Crippen LogP contribution < -0.4 is 5.48 Å². The molecular formula is C16H16F2N2O2S. The molecule has 0 aliphatic carbocycles. The third-order valence-electron chi connectivity index (χ3n) is 3.91. The number of carbonyl (C=O) groups excluding carboxylic acids is 1. The Labute approximate surface area is 136 Å². The van der Waals surface area contributed by atoms with E-state index < -0.39 is 23.6 Å². The maximum atomic E-state index is 14.2. The van der Waals surface area contributed by atoms with Crippen molar-refractivity contribution in [1.82, 2.24) is 10.4 Å². The zero-order valence-electron chi connectivity index (χ0n) is 12.5. The molecule has 7 heteroatoms. The van der Waals surface area contributed by atoms with E-state index in [-0.39, 0.29) is 5.56 Å². The highest BCUT2D eigenvalue weighted by atomic mass is 32.1. The molecule has 1 N–H and O–H groups in total. The second-order valence-corrected chi connectivity index (χ2v) is 6.33. The van der Waals surface area contributed by atoms with Crippen LogP contribution in [0.2, 0.25) is 0 Å². The third kappa shape index (κ3) is 3.26. The third-order valence-corrected chi connectivity index (χ3v) is 4.93. The predicted molar refractivity (Wildman–Crippen MR) is 82.7 cm³/mol. The fourth-order valence-electron chi connectivity index (χ4n) is 2.87. The Kier molecular flexibility index (Phi) is 4.70. The molecule has 0 saturated carbocycles. The Balaban J connectivity index is 1.94. The van der Waals surface area contributed by atoms with Crippen LogP contribution in [0.25, 0.3) is 0 Å². The Morgan fingerprint density at radius 1 is 1.39 bits per heavy atom. The highest BCUT2D eigenvalue weighted by molar-refractivity contribution is 7.10. The average molecular weight is 338 g/mol. The van der Waals surface area contributed by atoms with E-state index in [0.717, 1.165) is 24.1 Å². The predicted octanol–water partition coefficient (Wildman–Crippen LogP) is 2.80. The van der Waals surface area contributed by atoms with E-state index in [9.17, 15) is 13.6 Å². The van der Waals surface area contributed by atoms with E-state index in [1.807, 2.05) is 16.3 Å². The SMILES string of the molecule is CONC(=O)C(c1ccc(F)cc1F)N1CCc2sccc2C1. The molecule has 1 aliphatic rings. The maximum Gasteiger partial charge on any atom is 0.265 e. The molecule has 0 radical (unpaired) electrons. The van der Waals surface area contributed by atoms with Gasteiger partial charge in [0.2, 0.25) is 0 Å². The van der Waals surface area contributed by atoms with Gasteiger partial charge in [0.1, 0.15) is 17.7 Å². The lowest BCUT2D eigenvalue weighted by Gasteiger charge is -2.33. The number of carbonyl (C=O) groups is 1. The van der Waals surface area contributed by atoms with Crippen LogP contribution in [0.15, 0.2) is 29.6 Å². The first-order valence-electron chi connectivity index (χ1n) is 7.17. The molecule has 2 heterocycles. The number of hydrogen-bond donors (Lipinski definition) is 1. The lowest BCUT2D eigenvalue weighted by atomic mass is 10.00. The first kappa shape index (κ1) is 16.0. The summed E-state index contributed by atoms with van der Waals surface area (Å²) in [5.74, 6) is -1.88. The summed E-state index contributed by atoms with van der Waals surface area (Å²) >= 11 is 1.68. The minimum absolute atomic E-state index is 0.139. The van der Waals surface area contributed by atoms with E-state index >= 15 is 0 Å². The van der Waals surface area contributed by atoms with Crippen molar-refractivity contribution < 1.29 is 18.4 Å². The summed E-state index contributed by atoms with van der Waals surface area (Å²) in [6, 6.07) is 4.41. The normalized spacial score (nSPS) is 16.0. The molecule has 1 amide bonds. The van der Waals surface area contributed by atoms with Gasteiger partial charge in [0.05, 0.1) is 7.11 Å². The van der Waals surface area contributed by atoms with Gasteiger partial charge < -0.3 is 0 Å². The van der Waals surface area contributed by atoms with Crippen LogP contribution in [-0.2, 0) is 22.6 Å². The zero-order chi connectivity index (χ0) is 16.4. The van der Waals surface area contributed by atoms with Gasteiger partial charge in [-0.25, -0.2) is 14.3 Å². The standard InChI is InChI=1S/C16H16F2N2O2S/c1-22-19-16(21)15(12-3-2-11(17)8-13(12)18)20-6-4-14-10(9-20)5-7-23-14/h2-3,5,7-8,15H,4,6,9H2,1H3,(H,19,21). The molecule has 0 spiro atoms. The van der Waals surface area contributed by atoms with Gasteiger partial charge in [0.25, 0.3) is 5.91 Å². The minimum atomic E-state index is -0.872. The number of amides is 1. The number of hydrogen-bond acceptors (Lipinski definition) is 4. The van der Waals surface area contributed by atoms with Crippen molar-refractivity contribution in [2.75, 3.05) is 13.7 Å². The Morgan fingerprint density at radius 2 is 2.22 bits per heavy atom. The first-order chi connectivity index (χ1) is 11.1. The van der Waals surface area contributed by atoms with Gasteiger partial charge in [-0.3, -0.25) is 14.5 Å². The number of thiophene rings is 1. The molecule has 1 aliphatic heterocycles. The van der Waals surface area contributed by atoms with Gasteiger partial charge in [-0.05, 0) is 29.5 Å². The van der Waals surface area contributed by atoms with Crippen molar-refractivity contribution in [3.63, 3.8) is 0 Å². The van der Waals surface area contributed by atoms with Crippen LogP contribution >= 0.6 is 11.3 Å². The number of hydroxylamine groups is 1. The Hall–Kier alpha value is -1.83. The van der Waals surface area contributed by atoms with Crippen molar-refractivity contribution in [2.24, 2.45) is 0 Å². The molecule has 1 atom stereocenters. The van der Waals surface area contributed by atoms with E-state index in [2.05, 4.69) is 5.48 Å². The van der Waals surface area contributed by atoms with E-state index in [1.54, 1.807) is 11.3 Å². The van der Waals surface area contributed by atoms with Crippen LogP contribution in [-0.4, -0.2) is 24.5 Å². The van der Waals surface area contributed by atoms with E-state index in [0.29, 0.717) is 13.1 Å². The number of nitrogens with zero attached hydrogens (tertiary/aromatic N) is 1. The van der Waals surface area contributed by atoms with Crippen LogP contribution in [0.3, 0.4) is 0 Å². The Morgan fingerprint density at radius 3 is 2.96 bits per heavy atom. The molecule has 0 saturated heterocycles. The van der Waals surface area contributed by atoms with Crippen LogP contribution in [0.1, 0.15) is 22.0 Å². The monoisotopic (exact) mass is 338 g/mol. The number of halogens is 2. The summed E-state index contributed by atoms with van der Waals surface area (Å²) in [4.78, 5) is 20.2. The minimum Gasteiger partial charge on any atom is -0.283 e. The second-order valence-electron chi connectivity index (χ2n) is 5.33. The quantitative estimate of drug-likeness (QED) is 0.872. The molecule has 1 unspecified atom stereocenters. The van der Waals surface area contributed by atoms with Crippen molar-refractivity contribution in [1.29, 1.82) is 0 Å². The smallest absolute Gasteiger partial charge is 0.265 e. The van der Waals surface area contributed by atoms with Crippen LogP contribution in [0.5, 0.6) is 0 Å². The molecule has 122 valence electrons. The van der Waals surface area contributed by atoms with Gasteiger partial charge in [-0.1, -0.05) is 6.07 Å². The lowest BCUT2D eigenvalue weighted by Crippen LogP contribution is -2.42. The van der Waals surface area contributed by atoms with Crippen LogP contribution in [0.4, 0.5) is 8.78 Å². The molecule has 2 aromatic rings. The Bertz CT molecular complexity index is 720. The molecule has 23 heavy (non-hydrogen) atoms. The second kappa shape index (κ2) is 6.74. The molecule has 3 rings (SSSR count). The summed E-state index contributed by atoms with van der Waals surface area (Å²) < 4.78 is 27.4. The highest BCUT2D eigenvalue weighted by Crippen LogP contribution is 2.31. The van der Waals surface area contributed by atoms with E-state index in [4.69, 9.17) is 4.84 Å². The fraction of sp³-hybridized carbons (Fsp3) is 0.312. The topological polar surface area (TPSA) is 41.6 Å². The van der Waals surface area contributed by atoms with Gasteiger partial charge in [0.15, 0.2) is 0 Å². The largest absolute Gasteiger partial charge is 0.283 e. The molecule has 1 aromatic heterocycles. The maximum absolute atomic E-state index is 14.2. The number of benzene rings is 1.